The summed E-state index contributed by atoms with van der Waals surface area (Å²) in [5, 5.41) is 10.4. The summed E-state index contributed by atoms with van der Waals surface area (Å²) in [4.78, 5) is 11.8. The largest absolute Gasteiger partial charge is 0.491 e. The highest BCUT2D eigenvalue weighted by Crippen LogP contribution is 2.30. The molecule has 0 saturated heterocycles. The lowest BCUT2D eigenvalue weighted by molar-refractivity contribution is -0.152. The van der Waals surface area contributed by atoms with Crippen LogP contribution in [0.25, 0.3) is 0 Å². The smallest absolute Gasteiger partial charge is 0.311 e. The van der Waals surface area contributed by atoms with Crippen LogP contribution in [0.4, 0.5) is 0 Å². The number of benzene rings is 1. The Bertz CT molecular complexity index is 423. The topological polar surface area (TPSA) is 55.8 Å². The van der Waals surface area contributed by atoms with Crippen molar-refractivity contribution < 1.29 is 19.4 Å². The molecule has 0 aliphatic heterocycles. The Morgan fingerprint density at radius 2 is 1.65 bits per heavy atom. The van der Waals surface area contributed by atoms with E-state index in [9.17, 15) is 9.90 Å². The van der Waals surface area contributed by atoms with E-state index < -0.39 is 18.0 Å². The minimum atomic E-state index is -0.879. The Morgan fingerprint density at radius 1 is 1.10 bits per heavy atom. The molecule has 0 bridgehead atoms. The first-order chi connectivity index (χ1) is 9.36. The van der Waals surface area contributed by atoms with Crippen molar-refractivity contribution in [3.63, 3.8) is 0 Å². The lowest BCUT2D eigenvalue weighted by Crippen LogP contribution is -2.28. The second-order valence-electron chi connectivity index (χ2n) is 5.47. The van der Waals surface area contributed by atoms with E-state index in [1.165, 1.54) is 7.11 Å². The van der Waals surface area contributed by atoms with E-state index in [4.69, 9.17) is 9.47 Å². The maximum absolute atomic E-state index is 11.8. The van der Waals surface area contributed by atoms with Crippen molar-refractivity contribution in [3.8, 4) is 5.75 Å². The van der Waals surface area contributed by atoms with E-state index in [1.54, 1.807) is 24.3 Å². The molecule has 0 radical (unpaired) electrons. The highest BCUT2D eigenvalue weighted by Gasteiger charge is 2.31. The maximum atomic E-state index is 11.8. The van der Waals surface area contributed by atoms with Gasteiger partial charge >= 0.3 is 5.97 Å². The number of aliphatic hydroxyl groups excluding tert-OH is 1. The molecule has 0 aliphatic rings. The Kier molecular flexibility index (Phi) is 6.02. The summed E-state index contributed by atoms with van der Waals surface area (Å²) < 4.78 is 10.3. The molecule has 1 aromatic rings. The average molecular weight is 280 g/mol. The second kappa shape index (κ2) is 7.29. The molecule has 0 aromatic heterocycles. The van der Waals surface area contributed by atoms with Crippen molar-refractivity contribution in [2.24, 2.45) is 11.8 Å². The molecule has 2 unspecified atom stereocenters. The van der Waals surface area contributed by atoms with Gasteiger partial charge in [0.25, 0.3) is 0 Å². The molecule has 20 heavy (non-hydrogen) atoms. The van der Waals surface area contributed by atoms with Crippen LogP contribution in [0.2, 0.25) is 0 Å². The van der Waals surface area contributed by atoms with Gasteiger partial charge in [-0.05, 0) is 37.5 Å². The molecule has 112 valence electrons. The van der Waals surface area contributed by atoms with Crippen molar-refractivity contribution >= 4 is 5.97 Å². The minimum Gasteiger partial charge on any atom is -0.491 e. The Balaban J connectivity index is 2.89. The monoisotopic (exact) mass is 280 g/mol. The lowest BCUT2D eigenvalue weighted by atomic mass is 9.86. The van der Waals surface area contributed by atoms with E-state index in [0.29, 0.717) is 5.56 Å². The molecule has 0 amide bonds. The predicted molar refractivity (Wildman–Crippen MR) is 77.5 cm³/mol. The van der Waals surface area contributed by atoms with E-state index in [1.807, 2.05) is 27.7 Å². The molecule has 2 atom stereocenters. The highest BCUT2D eigenvalue weighted by molar-refractivity contribution is 5.73. The minimum absolute atomic E-state index is 0.0101. The third-order valence-corrected chi connectivity index (χ3v) is 3.13. The Labute approximate surface area is 120 Å². The molecule has 0 heterocycles. The number of esters is 1. The average Bonchev–Trinajstić information content (AvgIpc) is 2.38. The molecule has 0 fully saturated rings. The van der Waals surface area contributed by atoms with Crippen molar-refractivity contribution in [2.75, 3.05) is 7.11 Å². The van der Waals surface area contributed by atoms with Gasteiger partial charge in [-0.3, -0.25) is 4.79 Å². The summed E-state index contributed by atoms with van der Waals surface area (Å²) in [5.41, 5.74) is 0.685. The third-order valence-electron chi connectivity index (χ3n) is 3.13. The molecule has 4 heteroatoms. The van der Waals surface area contributed by atoms with E-state index in [2.05, 4.69) is 0 Å². The van der Waals surface area contributed by atoms with Gasteiger partial charge in [-0.1, -0.05) is 26.0 Å². The molecule has 0 spiro atoms. The number of methoxy groups -OCH3 is 1. The molecule has 1 N–H and O–H groups in total. The SMILES string of the molecule is COC(=O)C(C(C)C)C(O)c1ccc(OC(C)C)cc1. The van der Waals surface area contributed by atoms with Gasteiger partial charge in [-0.15, -0.1) is 0 Å². The standard InChI is InChI=1S/C16H24O4/c1-10(2)14(16(18)19-5)15(17)12-6-8-13(9-7-12)20-11(3)4/h6-11,14-15,17H,1-5H3. The van der Waals surface area contributed by atoms with Crippen LogP contribution < -0.4 is 4.74 Å². The van der Waals surface area contributed by atoms with Gasteiger partial charge in [0.05, 0.1) is 25.2 Å². The number of aliphatic hydroxyl groups is 1. The zero-order chi connectivity index (χ0) is 15.3. The van der Waals surface area contributed by atoms with Crippen LogP contribution >= 0.6 is 0 Å². The molecular weight excluding hydrogens is 256 g/mol. The van der Waals surface area contributed by atoms with E-state index in [-0.39, 0.29) is 12.0 Å². The van der Waals surface area contributed by atoms with Crippen LogP contribution in [0.15, 0.2) is 24.3 Å². The number of ether oxygens (including phenoxy) is 2. The Morgan fingerprint density at radius 3 is 2.05 bits per heavy atom. The number of hydrogen-bond acceptors (Lipinski definition) is 4. The van der Waals surface area contributed by atoms with Gasteiger partial charge in [-0.25, -0.2) is 0 Å². The zero-order valence-corrected chi connectivity index (χ0v) is 12.8. The first-order valence-corrected chi connectivity index (χ1v) is 6.89. The molecular formula is C16H24O4. The number of rotatable bonds is 6. The molecule has 0 aliphatic carbocycles. The Hall–Kier alpha value is -1.55. The van der Waals surface area contributed by atoms with Crippen LogP contribution in [0.1, 0.15) is 39.4 Å². The summed E-state index contributed by atoms with van der Waals surface area (Å²) in [6, 6.07) is 7.15. The van der Waals surface area contributed by atoms with Crippen LogP contribution in [0, 0.1) is 11.8 Å². The van der Waals surface area contributed by atoms with Gasteiger partial charge in [-0.2, -0.15) is 0 Å². The fourth-order valence-electron chi connectivity index (χ4n) is 2.12. The normalized spacial score (nSPS) is 14.2. The molecule has 1 rings (SSSR count). The summed E-state index contributed by atoms with van der Waals surface area (Å²) in [5.74, 6) is -0.231. The van der Waals surface area contributed by atoms with Gasteiger partial charge in [0.1, 0.15) is 5.75 Å². The number of hydrogen-bond donors (Lipinski definition) is 1. The van der Waals surface area contributed by atoms with E-state index in [0.717, 1.165) is 5.75 Å². The number of carbonyl (C=O) groups is 1. The molecule has 0 saturated carbocycles. The summed E-state index contributed by atoms with van der Waals surface area (Å²) in [6.07, 6.45) is -0.778. The fraction of sp³-hybridized carbons (Fsp3) is 0.562. The van der Waals surface area contributed by atoms with E-state index >= 15 is 0 Å². The first-order valence-electron chi connectivity index (χ1n) is 6.89. The van der Waals surface area contributed by atoms with Crippen molar-refractivity contribution in [3.05, 3.63) is 29.8 Å². The third kappa shape index (κ3) is 4.23. The molecule has 1 aromatic carbocycles. The van der Waals surface area contributed by atoms with Crippen LogP contribution in [0.3, 0.4) is 0 Å². The van der Waals surface area contributed by atoms with Gasteiger partial charge in [0.2, 0.25) is 0 Å². The molecule has 4 nitrogen and oxygen atoms in total. The van der Waals surface area contributed by atoms with Crippen molar-refractivity contribution in [1.82, 2.24) is 0 Å². The van der Waals surface area contributed by atoms with Crippen molar-refractivity contribution in [1.29, 1.82) is 0 Å². The van der Waals surface area contributed by atoms with Gasteiger partial charge in [0, 0.05) is 0 Å². The number of carbonyl (C=O) groups excluding carboxylic acids is 1. The maximum Gasteiger partial charge on any atom is 0.311 e. The predicted octanol–water partition coefficient (Wildman–Crippen LogP) is 2.95. The lowest BCUT2D eigenvalue weighted by Gasteiger charge is -2.24. The fourth-order valence-corrected chi connectivity index (χ4v) is 2.12. The first kappa shape index (κ1) is 16.5. The summed E-state index contributed by atoms with van der Waals surface area (Å²) in [6.45, 7) is 7.69. The highest BCUT2D eigenvalue weighted by atomic mass is 16.5. The van der Waals surface area contributed by atoms with Crippen LogP contribution in [-0.2, 0) is 9.53 Å². The quantitative estimate of drug-likeness (QED) is 0.814. The summed E-state index contributed by atoms with van der Waals surface area (Å²) in [7, 11) is 1.34. The second-order valence-corrected chi connectivity index (χ2v) is 5.47. The van der Waals surface area contributed by atoms with Gasteiger partial charge < -0.3 is 14.6 Å². The zero-order valence-electron chi connectivity index (χ0n) is 12.8. The van der Waals surface area contributed by atoms with Crippen LogP contribution in [0.5, 0.6) is 5.75 Å². The summed E-state index contributed by atoms with van der Waals surface area (Å²) >= 11 is 0. The van der Waals surface area contributed by atoms with Crippen molar-refractivity contribution in [2.45, 2.75) is 39.9 Å². The van der Waals surface area contributed by atoms with Gasteiger partial charge in [0.15, 0.2) is 0 Å². The van der Waals surface area contributed by atoms with Crippen LogP contribution in [-0.4, -0.2) is 24.3 Å².